The highest BCUT2D eigenvalue weighted by Crippen LogP contribution is 2.24. The molecule has 134 valence electrons. The third kappa shape index (κ3) is 3.86. The van der Waals surface area contributed by atoms with Crippen molar-refractivity contribution in [3.05, 3.63) is 53.9 Å². The largest absolute Gasteiger partial charge is 0.383 e. The molecule has 0 spiro atoms. The SMILES string of the molecule is Clc1ccc2c(NCCN3CCN(c4ncccn4)CC3)ccnc2c1. The Morgan fingerprint density at radius 3 is 2.58 bits per heavy atom. The van der Waals surface area contributed by atoms with E-state index >= 15 is 0 Å². The predicted molar refractivity (Wildman–Crippen MR) is 106 cm³/mol. The minimum atomic E-state index is 0.711. The number of fused-ring (bicyclic) bond motifs is 1. The van der Waals surface area contributed by atoms with Crippen molar-refractivity contribution in [1.82, 2.24) is 19.9 Å². The molecule has 4 rings (SSSR count). The van der Waals surface area contributed by atoms with Gasteiger partial charge < -0.3 is 10.2 Å². The second kappa shape index (κ2) is 7.85. The lowest BCUT2D eigenvalue weighted by Gasteiger charge is -2.34. The van der Waals surface area contributed by atoms with Gasteiger partial charge in [0.1, 0.15) is 0 Å². The lowest BCUT2D eigenvalue weighted by atomic mass is 10.2. The van der Waals surface area contributed by atoms with Gasteiger partial charge in [-0.15, -0.1) is 0 Å². The van der Waals surface area contributed by atoms with Gasteiger partial charge in [0.05, 0.1) is 5.52 Å². The molecule has 1 saturated heterocycles. The predicted octanol–water partition coefficient (Wildman–Crippen LogP) is 2.91. The number of rotatable bonds is 5. The summed E-state index contributed by atoms with van der Waals surface area (Å²) in [7, 11) is 0. The van der Waals surface area contributed by atoms with Crippen LogP contribution in [0.2, 0.25) is 5.02 Å². The Bertz CT molecular complexity index is 864. The lowest BCUT2D eigenvalue weighted by molar-refractivity contribution is 0.266. The van der Waals surface area contributed by atoms with Gasteiger partial charge in [-0.2, -0.15) is 0 Å². The highest BCUT2D eigenvalue weighted by Gasteiger charge is 2.18. The van der Waals surface area contributed by atoms with Crippen molar-refractivity contribution in [1.29, 1.82) is 0 Å². The molecule has 2 aromatic heterocycles. The lowest BCUT2D eigenvalue weighted by Crippen LogP contribution is -2.48. The summed E-state index contributed by atoms with van der Waals surface area (Å²) in [6.07, 6.45) is 5.41. The summed E-state index contributed by atoms with van der Waals surface area (Å²) >= 11 is 6.05. The molecule has 3 heterocycles. The van der Waals surface area contributed by atoms with E-state index in [1.165, 1.54) is 0 Å². The Morgan fingerprint density at radius 1 is 0.962 bits per heavy atom. The zero-order chi connectivity index (χ0) is 17.8. The molecule has 0 amide bonds. The molecule has 0 unspecified atom stereocenters. The normalized spacial score (nSPS) is 15.3. The molecule has 6 nitrogen and oxygen atoms in total. The fourth-order valence-electron chi connectivity index (χ4n) is 3.25. The van der Waals surface area contributed by atoms with Crippen LogP contribution in [0.5, 0.6) is 0 Å². The minimum Gasteiger partial charge on any atom is -0.383 e. The fourth-order valence-corrected chi connectivity index (χ4v) is 3.42. The second-order valence-corrected chi connectivity index (χ2v) is 6.76. The molecule has 1 N–H and O–H groups in total. The summed E-state index contributed by atoms with van der Waals surface area (Å²) < 4.78 is 0. The average molecular weight is 369 g/mol. The molecule has 26 heavy (non-hydrogen) atoms. The number of nitrogens with zero attached hydrogens (tertiary/aromatic N) is 5. The van der Waals surface area contributed by atoms with E-state index < -0.39 is 0 Å². The average Bonchev–Trinajstić information content (AvgIpc) is 2.69. The van der Waals surface area contributed by atoms with Gasteiger partial charge in [-0.25, -0.2) is 9.97 Å². The molecule has 1 aliphatic heterocycles. The van der Waals surface area contributed by atoms with Gasteiger partial charge in [0, 0.05) is 74.0 Å². The quantitative estimate of drug-likeness (QED) is 0.747. The Kier molecular flexibility index (Phi) is 5.13. The van der Waals surface area contributed by atoms with Gasteiger partial charge in [-0.05, 0) is 30.3 Å². The molecular weight excluding hydrogens is 348 g/mol. The van der Waals surface area contributed by atoms with E-state index in [0.717, 1.165) is 61.8 Å². The summed E-state index contributed by atoms with van der Waals surface area (Å²) in [5, 5.41) is 5.34. The van der Waals surface area contributed by atoms with Crippen LogP contribution in [0.1, 0.15) is 0 Å². The van der Waals surface area contributed by atoms with E-state index in [9.17, 15) is 0 Å². The maximum atomic E-state index is 6.05. The number of anilines is 2. The molecule has 3 aromatic rings. The highest BCUT2D eigenvalue weighted by molar-refractivity contribution is 6.31. The number of pyridine rings is 1. The van der Waals surface area contributed by atoms with Crippen molar-refractivity contribution >= 4 is 34.1 Å². The molecular formula is C19H21ClN6. The van der Waals surface area contributed by atoms with E-state index in [4.69, 9.17) is 11.6 Å². The van der Waals surface area contributed by atoms with Gasteiger partial charge in [-0.3, -0.25) is 9.88 Å². The van der Waals surface area contributed by atoms with Crippen LogP contribution in [0.4, 0.5) is 11.6 Å². The van der Waals surface area contributed by atoms with Crippen molar-refractivity contribution < 1.29 is 0 Å². The van der Waals surface area contributed by atoms with Crippen molar-refractivity contribution in [3.63, 3.8) is 0 Å². The molecule has 0 bridgehead atoms. The zero-order valence-corrected chi connectivity index (χ0v) is 15.2. The topological polar surface area (TPSA) is 57.2 Å². The Hall–Kier alpha value is -2.44. The van der Waals surface area contributed by atoms with Crippen molar-refractivity contribution in [2.24, 2.45) is 0 Å². The van der Waals surface area contributed by atoms with Crippen molar-refractivity contribution in [3.8, 4) is 0 Å². The molecule has 0 aliphatic carbocycles. The minimum absolute atomic E-state index is 0.711. The van der Waals surface area contributed by atoms with E-state index in [-0.39, 0.29) is 0 Å². The van der Waals surface area contributed by atoms with Crippen molar-refractivity contribution in [2.75, 3.05) is 49.5 Å². The zero-order valence-electron chi connectivity index (χ0n) is 14.5. The fraction of sp³-hybridized carbons (Fsp3) is 0.316. The van der Waals surface area contributed by atoms with E-state index in [2.05, 4.69) is 30.1 Å². The Labute approximate surface area is 157 Å². The Morgan fingerprint density at radius 2 is 1.77 bits per heavy atom. The number of halogens is 1. The molecule has 1 fully saturated rings. The maximum Gasteiger partial charge on any atom is 0.225 e. The van der Waals surface area contributed by atoms with Crippen molar-refractivity contribution in [2.45, 2.75) is 0 Å². The molecule has 1 aromatic carbocycles. The summed E-state index contributed by atoms with van der Waals surface area (Å²) in [5.74, 6) is 0.826. The summed E-state index contributed by atoms with van der Waals surface area (Å²) in [6, 6.07) is 9.68. The smallest absolute Gasteiger partial charge is 0.225 e. The number of aromatic nitrogens is 3. The van der Waals surface area contributed by atoms with Crippen LogP contribution in [-0.4, -0.2) is 59.1 Å². The molecule has 7 heteroatoms. The van der Waals surface area contributed by atoms with Gasteiger partial charge >= 0.3 is 0 Å². The number of hydrogen-bond acceptors (Lipinski definition) is 6. The van der Waals surface area contributed by atoms with Gasteiger partial charge in [0.2, 0.25) is 5.95 Å². The van der Waals surface area contributed by atoms with Crippen LogP contribution in [0.15, 0.2) is 48.9 Å². The summed E-state index contributed by atoms with van der Waals surface area (Å²) in [4.78, 5) is 17.8. The third-order valence-electron chi connectivity index (χ3n) is 4.66. The summed E-state index contributed by atoms with van der Waals surface area (Å²) in [6.45, 7) is 5.85. The van der Waals surface area contributed by atoms with Gasteiger partial charge in [0.15, 0.2) is 0 Å². The monoisotopic (exact) mass is 368 g/mol. The standard InChI is InChI=1S/C19H21ClN6/c20-15-2-3-16-17(4-7-21-18(16)14-15)22-8-9-25-10-12-26(13-11-25)19-23-5-1-6-24-19/h1-7,14H,8-13H2,(H,21,22). The second-order valence-electron chi connectivity index (χ2n) is 6.32. The number of benzene rings is 1. The van der Waals surface area contributed by atoms with Crippen LogP contribution >= 0.6 is 11.6 Å². The molecule has 1 aliphatic rings. The van der Waals surface area contributed by atoms with Crippen LogP contribution < -0.4 is 10.2 Å². The molecule has 0 saturated carbocycles. The van der Waals surface area contributed by atoms with Crippen LogP contribution in [-0.2, 0) is 0 Å². The first-order valence-corrected chi connectivity index (χ1v) is 9.20. The number of hydrogen-bond donors (Lipinski definition) is 1. The first kappa shape index (κ1) is 17.0. The van der Waals surface area contributed by atoms with Gasteiger partial charge in [0.25, 0.3) is 0 Å². The first-order valence-electron chi connectivity index (χ1n) is 8.82. The van der Waals surface area contributed by atoms with E-state index in [0.29, 0.717) is 5.02 Å². The van der Waals surface area contributed by atoms with Crippen LogP contribution in [0.3, 0.4) is 0 Å². The third-order valence-corrected chi connectivity index (χ3v) is 4.89. The van der Waals surface area contributed by atoms with Gasteiger partial charge in [-0.1, -0.05) is 11.6 Å². The number of nitrogens with one attached hydrogen (secondary N) is 1. The highest BCUT2D eigenvalue weighted by atomic mass is 35.5. The van der Waals surface area contributed by atoms with E-state index in [1.807, 2.05) is 36.5 Å². The van der Waals surface area contributed by atoms with Crippen LogP contribution in [0.25, 0.3) is 10.9 Å². The van der Waals surface area contributed by atoms with Crippen LogP contribution in [0, 0.1) is 0 Å². The molecule has 0 radical (unpaired) electrons. The Balaban J connectivity index is 1.30. The summed E-state index contributed by atoms with van der Waals surface area (Å²) in [5.41, 5.74) is 2.02. The van der Waals surface area contributed by atoms with E-state index in [1.54, 1.807) is 12.4 Å². The first-order chi connectivity index (χ1) is 12.8. The number of piperazine rings is 1. The maximum absolute atomic E-state index is 6.05. The molecule has 0 atom stereocenters.